The lowest BCUT2D eigenvalue weighted by Crippen LogP contribution is -2.12. The lowest BCUT2D eigenvalue weighted by Gasteiger charge is -2.02. The van der Waals surface area contributed by atoms with Crippen LogP contribution in [-0.4, -0.2) is 16.6 Å². The van der Waals surface area contributed by atoms with Crippen molar-refractivity contribution in [2.75, 3.05) is 6.61 Å². The van der Waals surface area contributed by atoms with E-state index in [0.717, 1.165) is 0 Å². The molecule has 0 aliphatic heterocycles. The highest BCUT2D eigenvalue weighted by Crippen LogP contribution is 2.08. The van der Waals surface area contributed by atoms with Gasteiger partial charge in [-0.15, -0.1) is 6.42 Å². The van der Waals surface area contributed by atoms with Crippen LogP contribution in [0.15, 0.2) is 11.0 Å². The van der Waals surface area contributed by atoms with E-state index in [1.807, 2.05) is 0 Å². The summed E-state index contributed by atoms with van der Waals surface area (Å²) in [6, 6.07) is 0. The van der Waals surface area contributed by atoms with Gasteiger partial charge in [-0.1, -0.05) is 5.92 Å². The van der Waals surface area contributed by atoms with Crippen LogP contribution in [0.5, 0.6) is 5.88 Å². The summed E-state index contributed by atoms with van der Waals surface area (Å²) < 4.78 is 5.07. The Morgan fingerprint density at radius 2 is 2.58 bits per heavy atom. The molecule has 1 aromatic heterocycles. The number of H-pyrrole nitrogens is 1. The van der Waals surface area contributed by atoms with Crippen molar-refractivity contribution in [3.05, 3.63) is 22.2 Å². The van der Waals surface area contributed by atoms with Gasteiger partial charge in [-0.3, -0.25) is 4.98 Å². The monoisotopic (exact) mass is 164 g/mol. The predicted molar refractivity (Wildman–Crippen MR) is 44.0 cm³/mol. The maximum atomic E-state index is 10.7. The van der Waals surface area contributed by atoms with Crippen molar-refractivity contribution >= 4 is 0 Å². The largest absolute Gasteiger partial charge is 0.478 e. The number of hydrogen-bond acceptors (Lipinski definition) is 3. The molecule has 0 radical (unpaired) electrons. The second-order valence-electron chi connectivity index (χ2n) is 2.01. The molecule has 0 unspecified atom stereocenters. The molecule has 0 fully saturated rings. The molecular formula is C8H8N2O2. The molecule has 1 aromatic rings. The zero-order valence-corrected chi connectivity index (χ0v) is 6.63. The van der Waals surface area contributed by atoms with Gasteiger partial charge in [-0.05, 0) is 6.92 Å². The second-order valence-corrected chi connectivity index (χ2v) is 2.01. The Morgan fingerprint density at radius 1 is 1.83 bits per heavy atom. The Hall–Kier alpha value is -1.76. The number of nitrogens with one attached hydrogen (secondary N) is 1. The first-order valence-corrected chi connectivity index (χ1v) is 3.46. The number of hydrogen-bond donors (Lipinski definition) is 1. The second kappa shape index (κ2) is 3.58. The molecule has 62 valence electrons. The van der Waals surface area contributed by atoms with Gasteiger partial charge in [0.05, 0.1) is 12.8 Å². The standard InChI is InChI=1S/C8H8N2O2/c1-3-6-5-9-8(11)10-7(6)12-4-2/h1,5H,4H2,2H3,(H,9,10,11). The quantitative estimate of drug-likeness (QED) is 0.633. The van der Waals surface area contributed by atoms with Gasteiger partial charge in [0.2, 0.25) is 5.88 Å². The van der Waals surface area contributed by atoms with E-state index in [4.69, 9.17) is 11.2 Å². The summed E-state index contributed by atoms with van der Waals surface area (Å²) in [5, 5.41) is 0. The third-order valence-electron chi connectivity index (χ3n) is 1.22. The van der Waals surface area contributed by atoms with Crippen LogP contribution in [0.3, 0.4) is 0 Å². The summed E-state index contributed by atoms with van der Waals surface area (Å²) in [6.45, 7) is 2.26. The smallest absolute Gasteiger partial charge is 0.347 e. The first-order chi connectivity index (χ1) is 5.77. The lowest BCUT2D eigenvalue weighted by atomic mass is 10.3. The first kappa shape index (κ1) is 8.34. The summed E-state index contributed by atoms with van der Waals surface area (Å²) in [5.41, 5.74) is -0.00565. The highest BCUT2D eigenvalue weighted by molar-refractivity contribution is 5.37. The molecule has 1 heterocycles. The summed E-state index contributed by atoms with van der Waals surface area (Å²) >= 11 is 0. The van der Waals surface area contributed by atoms with Crippen molar-refractivity contribution in [3.63, 3.8) is 0 Å². The fourth-order valence-electron chi connectivity index (χ4n) is 0.740. The van der Waals surface area contributed by atoms with Gasteiger partial charge in [0.25, 0.3) is 0 Å². The molecule has 0 amide bonds. The van der Waals surface area contributed by atoms with Crippen LogP contribution in [0.4, 0.5) is 0 Å². The predicted octanol–water partition coefficient (Wildman–Crippen LogP) is 0.150. The summed E-state index contributed by atoms with van der Waals surface area (Å²) in [6.07, 6.45) is 6.45. The maximum absolute atomic E-state index is 10.7. The van der Waals surface area contributed by atoms with E-state index in [1.54, 1.807) is 6.92 Å². The summed E-state index contributed by atoms with van der Waals surface area (Å²) in [5.74, 6) is 2.66. The molecule has 4 nitrogen and oxygen atoms in total. The van der Waals surface area contributed by atoms with E-state index in [9.17, 15) is 4.79 Å². The zero-order valence-electron chi connectivity index (χ0n) is 6.63. The third-order valence-corrected chi connectivity index (χ3v) is 1.22. The van der Waals surface area contributed by atoms with Crippen LogP contribution < -0.4 is 10.4 Å². The Labute approximate surface area is 69.6 Å². The number of rotatable bonds is 2. The average Bonchev–Trinajstić information content (AvgIpc) is 2.05. The Morgan fingerprint density at radius 3 is 3.17 bits per heavy atom. The minimum atomic E-state index is -0.461. The van der Waals surface area contributed by atoms with Crippen molar-refractivity contribution in [1.82, 2.24) is 9.97 Å². The SMILES string of the molecule is C#Cc1cnc(=O)[nH]c1OCC. The van der Waals surface area contributed by atoms with Gasteiger partial charge in [0.1, 0.15) is 5.56 Å². The van der Waals surface area contributed by atoms with Gasteiger partial charge in [0, 0.05) is 0 Å². The Bertz CT molecular complexity index is 362. The van der Waals surface area contributed by atoms with E-state index in [2.05, 4.69) is 15.9 Å². The first-order valence-electron chi connectivity index (χ1n) is 3.46. The van der Waals surface area contributed by atoms with Crippen molar-refractivity contribution in [2.45, 2.75) is 6.92 Å². The fraction of sp³-hybridized carbons (Fsp3) is 0.250. The molecule has 0 spiro atoms. The molecular weight excluding hydrogens is 156 g/mol. The molecule has 0 saturated carbocycles. The van der Waals surface area contributed by atoms with Crippen LogP contribution in [-0.2, 0) is 0 Å². The highest BCUT2D eigenvalue weighted by atomic mass is 16.5. The van der Waals surface area contributed by atoms with E-state index >= 15 is 0 Å². The molecule has 0 aromatic carbocycles. The number of nitrogens with zero attached hydrogens (tertiary/aromatic N) is 1. The van der Waals surface area contributed by atoms with Crippen LogP contribution >= 0.6 is 0 Å². The Kier molecular flexibility index (Phi) is 2.49. The summed E-state index contributed by atoms with van der Waals surface area (Å²) in [4.78, 5) is 16.6. The Balaban J connectivity index is 3.14. The van der Waals surface area contributed by atoms with Gasteiger partial charge < -0.3 is 4.74 Å². The lowest BCUT2D eigenvalue weighted by molar-refractivity contribution is 0.324. The van der Waals surface area contributed by atoms with Crippen molar-refractivity contribution < 1.29 is 4.74 Å². The van der Waals surface area contributed by atoms with Gasteiger partial charge in [0.15, 0.2) is 0 Å². The minimum absolute atomic E-state index is 0.306. The number of aromatic nitrogens is 2. The number of ether oxygens (including phenoxy) is 1. The fourth-order valence-corrected chi connectivity index (χ4v) is 0.740. The van der Waals surface area contributed by atoms with Gasteiger partial charge in [-0.25, -0.2) is 9.78 Å². The highest BCUT2D eigenvalue weighted by Gasteiger charge is 2.00. The molecule has 0 aliphatic rings. The van der Waals surface area contributed by atoms with E-state index in [1.165, 1.54) is 6.20 Å². The van der Waals surface area contributed by atoms with E-state index in [-0.39, 0.29) is 0 Å². The topological polar surface area (TPSA) is 55.0 Å². The van der Waals surface area contributed by atoms with E-state index < -0.39 is 5.69 Å². The van der Waals surface area contributed by atoms with Crippen LogP contribution in [0, 0.1) is 12.3 Å². The van der Waals surface area contributed by atoms with Crippen molar-refractivity contribution in [2.24, 2.45) is 0 Å². The maximum Gasteiger partial charge on any atom is 0.347 e. The molecule has 1 N–H and O–H groups in total. The summed E-state index contributed by atoms with van der Waals surface area (Å²) in [7, 11) is 0. The molecule has 1 rings (SSSR count). The molecule has 0 atom stereocenters. The molecule has 0 aliphatic carbocycles. The average molecular weight is 164 g/mol. The minimum Gasteiger partial charge on any atom is -0.478 e. The molecule has 0 bridgehead atoms. The van der Waals surface area contributed by atoms with Gasteiger partial charge >= 0.3 is 5.69 Å². The number of terminal acetylenes is 1. The van der Waals surface area contributed by atoms with E-state index in [0.29, 0.717) is 18.1 Å². The molecule has 12 heavy (non-hydrogen) atoms. The number of aromatic amines is 1. The zero-order chi connectivity index (χ0) is 8.97. The molecule has 0 saturated heterocycles. The van der Waals surface area contributed by atoms with Crippen LogP contribution in [0.25, 0.3) is 0 Å². The van der Waals surface area contributed by atoms with Crippen molar-refractivity contribution in [1.29, 1.82) is 0 Å². The van der Waals surface area contributed by atoms with Crippen molar-refractivity contribution in [3.8, 4) is 18.2 Å². The van der Waals surface area contributed by atoms with Gasteiger partial charge in [-0.2, -0.15) is 0 Å². The van der Waals surface area contributed by atoms with Crippen LogP contribution in [0.2, 0.25) is 0 Å². The normalized spacial score (nSPS) is 9.00. The molecule has 4 heteroatoms. The third kappa shape index (κ3) is 1.64. The van der Waals surface area contributed by atoms with Crippen LogP contribution in [0.1, 0.15) is 12.5 Å².